The van der Waals surface area contributed by atoms with Crippen molar-refractivity contribution in [3.8, 4) is 5.75 Å². The number of hydrogen-bond donors (Lipinski definition) is 0. The predicted molar refractivity (Wildman–Crippen MR) is 155 cm³/mol. The summed E-state index contributed by atoms with van der Waals surface area (Å²) >= 11 is 3.18. The van der Waals surface area contributed by atoms with Crippen molar-refractivity contribution in [3.05, 3.63) is 121 Å². The molecule has 0 fully saturated rings. The second kappa shape index (κ2) is 15.0. The predicted octanol–water partition coefficient (Wildman–Crippen LogP) is 8.36. The van der Waals surface area contributed by atoms with Crippen LogP contribution in [0.4, 0.5) is 13.2 Å². The van der Waals surface area contributed by atoms with E-state index in [4.69, 9.17) is 4.74 Å². The molecule has 0 saturated heterocycles. The van der Waals surface area contributed by atoms with Gasteiger partial charge in [-0.2, -0.15) is 35.8 Å². The monoisotopic (exact) mass is 594 g/mol. The molecule has 38 heavy (non-hydrogen) atoms. The Kier molecular flexibility index (Phi) is 11.7. The summed E-state index contributed by atoms with van der Waals surface area (Å²) in [6.07, 6.45) is -0.691. The molecule has 4 rings (SSSR count). The number of hydrogen-bond acceptors (Lipinski definition) is 5. The van der Waals surface area contributed by atoms with Gasteiger partial charge in [0.15, 0.2) is 0 Å². The van der Waals surface area contributed by atoms with Gasteiger partial charge in [0.2, 0.25) is 0 Å². The van der Waals surface area contributed by atoms with E-state index >= 15 is 0 Å². The van der Waals surface area contributed by atoms with Crippen molar-refractivity contribution < 1.29 is 26.3 Å². The van der Waals surface area contributed by atoms with E-state index in [1.165, 1.54) is 12.1 Å². The molecular formula is C28H25F3O3S4. The molecule has 2 atom stereocenters. The Balaban J connectivity index is 0.000000212. The number of methoxy groups -OCH3 is 1. The van der Waals surface area contributed by atoms with Gasteiger partial charge in [0.05, 0.1) is 45.8 Å². The van der Waals surface area contributed by atoms with Crippen LogP contribution in [0, 0.1) is 0 Å². The van der Waals surface area contributed by atoms with Crippen molar-refractivity contribution in [2.75, 3.05) is 7.11 Å². The van der Waals surface area contributed by atoms with Gasteiger partial charge in [0, 0.05) is 10.8 Å². The first kappa shape index (κ1) is 29.8. The van der Waals surface area contributed by atoms with Gasteiger partial charge >= 0.3 is 6.18 Å². The van der Waals surface area contributed by atoms with Crippen molar-refractivity contribution in [2.24, 2.45) is 0 Å². The summed E-state index contributed by atoms with van der Waals surface area (Å²) in [5.74, 6) is 1.56. The third-order valence-corrected chi connectivity index (χ3v) is 8.49. The quantitative estimate of drug-likeness (QED) is 0.196. The Hall–Kier alpha value is -2.79. The molecular weight excluding hydrogens is 570 g/mol. The van der Waals surface area contributed by atoms with Crippen molar-refractivity contribution >= 4 is 56.4 Å². The van der Waals surface area contributed by atoms with E-state index in [2.05, 4.69) is 0 Å². The fraction of sp³-hybridized carbons (Fsp3) is 0.143. The van der Waals surface area contributed by atoms with Crippen molar-refractivity contribution in [1.82, 2.24) is 0 Å². The second-order valence-corrected chi connectivity index (χ2v) is 12.0. The lowest BCUT2D eigenvalue weighted by atomic mass is 10.1. The average molecular weight is 595 g/mol. The molecule has 2 heterocycles. The Morgan fingerprint density at radius 1 is 0.737 bits per heavy atom. The Labute approximate surface area is 233 Å². The Bertz CT molecular complexity index is 1340. The summed E-state index contributed by atoms with van der Waals surface area (Å²) in [5, 5.41) is 11.2. The summed E-state index contributed by atoms with van der Waals surface area (Å²) < 4.78 is 65.9. The Morgan fingerprint density at radius 2 is 1.18 bits per heavy atom. The smallest absolute Gasteiger partial charge is 0.416 e. The number of ether oxygens (including phenoxy) is 1. The molecule has 0 aliphatic rings. The molecule has 10 heteroatoms. The first-order chi connectivity index (χ1) is 18.2. The Morgan fingerprint density at radius 3 is 1.55 bits per heavy atom. The second-order valence-electron chi connectivity index (χ2n) is 7.81. The highest BCUT2D eigenvalue weighted by atomic mass is 32.2. The summed E-state index contributed by atoms with van der Waals surface area (Å²) in [4.78, 5) is 0. The lowest BCUT2D eigenvalue weighted by molar-refractivity contribution is -0.137. The van der Waals surface area contributed by atoms with E-state index in [0.29, 0.717) is 11.3 Å². The number of thiophene rings is 2. The maximum Gasteiger partial charge on any atom is 0.416 e. The van der Waals surface area contributed by atoms with Crippen LogP contribution in [-0.2, 0) is 39.3 Å². The maximum atomic E-state index is 12.4. The minimum atomic E-state index is -4.34. The third-order valence-electron chi connectivity index (χ3n) is 4.97. The number of halogens is 3. The molecule has 200 valence electrons. The van der Waals surface area contributed by atoms with Gasteiger partial charge in [0.25, 0.3) is 0 Å². The van der Waals surface area contributed by atoms with E-state index in [0.717, 1.165) is 34.6 Å². The lowest BCUT2D eigenvalue weighted by Crippen LogP contribution is -2.04. The number of alkyl halides is 3. The molecule has 2 unspecified atom stereocenters. The first-order valence-corrected chi connectivity index (χ1v) is 15.8. The first-order valence-electron chi connectivity index (χ1n) is 11.2. The van der Waals surface area contributed by atoms with E-state index < -0.39 is 33.3 Å². The van der Waals surface area contributed by atoms with Gasteiger partial charge in [-0.1, -0.05) is 24.3 Å². The third kappa shape index (κ3) is 10.5. The molecule has 0 amide bonds. The summed E-state index contributed by atoms with van der Waals surface area (Å²) in [5.41, 5.74) is 3.04. The normalized spacial score (nSPS) is 13.3. The zero-order valence-electron chi connectivity index (χ0n) is 20.3. The van der Waals surface area contributed by atoms with Crippen LogP contribution in [0.3, 0.4) is 0 Å². The van der Waals surface area contributed by atoms with Gasteiger partial charge in [-0.25, -0.2) is 0 Å². The van der Waals surface area contributed by atoms with E-state index in [-0.39, 0.29) is 5.75 Å². The standard InChI is InChI=1S/C14H11F3OS2.C14H14O2S2/c15-14(16,17)13-3-1-12(2-4-13)10-20(18)8-6-11-5-7-19-9-11;1-16-14-4-2-13(3-5-14)11-18(15)9-7-12-6-8-17-10-12/h1-9H,10H2;2-10H,11H2,1H3/b8-6+;9-7+. The van der Waals surface area contributed by atoms with Gasteiger partial charge in [-0.3, -0.25) is 8.42 Å². The van der Waals surface area contributed by atoms with Crippen LogP contribution >= 0.6 is 22.7 Å². The topological polar surface area (TPSA) is 43.4 Å². The van der Waals surface area contributed by atoms with Crippen LogP contribution in [-0.4, -0.2) is 15.5 Å². The largest absolute Gasteiger partial charge is 0.497 e. The van der Waals surface area contributed by atoms with Crippen molar-refractivity contribution in [3.63, 3.8) is 0 Å². The van der Waals surface area contributed by atoms with Crippen LogP contribution in [0.15, 0.2) is 93.0 Å². The summed E-state index contributed by atoms with van der Waals surface area (Å²) in [7, 11) is -0.586. The fourth-order valence-corrected chi connectivity index (χ4v) is 6.09. The van der Waals surface area contributed by atoms with Crippen LogP contribution < -0.4 is 4.74 Å². The zero-order valence-corrected chi connectivity index (χ0v) is 23.6. The SMILES string of the molecule is COc1ccc(CS(=O)/C=C/c2ccsc2)cc1.O=S(/C=C/c1ccsc1)Cc1ccc(C(F)(F)F)cc1. The molecule has 0 N–H and O–H groups in total. The lowest BCUT2D eigenvalue weighted by Gasteiger charge is -2.06. The zero-order chi connectivity index (χ0) is 27.4. The molecule has 0 aliphatic carbocycles. The van der Waals surface area contributed by atoms with Gasteiger partial charge < -0.3 is 4.74 Å². The van der Waals surface area contributed by atoms with Crippen molar-refractivity contribution in [2.45, 2.75) is 17.7 Å². The van der Waals surface area contributed by atoms with Crippen LogP contribution in [0.1, 0.15) is 27.8 Å². The molecule has 0 spiro atoms. The van der Waals surface area contributed by atoms with Crippen LogP contribution in [0.5, 0.6) is 5.75 Å². The molecule has 0 saturated carbocycles. The minimum absolute atomic E-state index is 0.207. The fourth-order valence-electron chi connectivity index (χ4n) is 2.99. The number of benzene rings is 2. The van der Waals surface area contributed by atoms with Crippen LogP contribution in [0.2, 0.25) is 0 Å². The summed E-state index contributed by atoms with van der Waals surface area (Å²) in [6, 6.07) is 16.3. The molecule has 2 aromatic carbocycles. The van der Waals surface area contributed by atoms with Crippen molar-refractivity contribution in [1.29, 1.82) is 0 Å². The van der Waals surface area contributed by atoms with Crippen LogP contribution in [0.25, 0.3) is 12.2 Å². The minimum Gasteiger partial charge on any atom is -0.497 e. The maximum absolute atomic E-state index is 12.4. The molecule has 3 nitrogen and oxygen atoms in total. The van der Waals surface area contributed by atoms with E-state index in [1.54, 1.807) is 46.7 Å². The van der Waals surface area contributed by atoms with Gasteiger partial charge in [-0.15, -0.1) is 0 Å². The summed E-state index contributed by atoms with van der Waals surface area (Å²) in [6.45, 7) is 0. The van der Waals surface area contributed by atoms with Gasteiger partial charge in [0.1, 0.15) is 5.75 Å². The number of rotatable bonds is 9. The molecule has 2 aromatic heterocycles. The molecule has 4 aromatic rings. The molecule has 0 radical (unpaired) electrons. The highest BCUT2D eigenvalue weighted by Crippen LogP contribution is 2.29. The van der Waals surface area contributed by atoms with Gasteiger partial charge in [-0.05, 0) is 92.3 Å². The highest BCUT2D eigenvalue weighted by Gasteiger charge is 2.29. The molecule has 0 bridgehead atoms. The van der Waals surface area contributed by atoms with E-state index in [1.807, 2.05) is 64.0 Å². The average Bonchev–Trinajstić information content (AvgIpc) is 3.62. The molecule has 0 aliphatic heterocycles. The van der Waals surface area contributed by atoms with E-state index in [9.17, 15) is 21.6 Å². The highest BCUT2D eigenvalue weighted by molar-refractivity contribution is 7.87.